The SMILES string of the molecule is C[CH-]C(C)(C#N)C(=O)C(C)C.[CH-]=C(C#N)C(=O)C(C)C.[K+].[K+].[K+].[K+]. The van der Waals surface area contributed by atoms with E-state index in [1.54, 1.807) is 54.0 Å². The topological polar surface area (TPSA) is 81.7 Å². The van der Waals surface area contributed by atoms with Crippen LogP contribution in [0.3, 0.4) is 0 Å². The molecule has 0 aromatic carbocycles. The first-order valence-electron chi connectivity index (χ1n) is 6.40. The van der Waals surface area contributed by atoms with Crippen molar-refractivity contribution in [1.29, 1.82) is 10.5 Å². The van der Waals surface area contributed by atoms with E-state index in [0.29, 0.717) is 0 Å². The molecule has 0 N–H and O–H groups in total. The largest absolute Gasteiger partial charge is 1.00 e. The van der Waals surface area contributed by atoms with Gasteiger partial charge in [-0.2, -0.15) is 6.92 Å². The van der Waals surface area contributed by atoms with Crippen LogP contribution in [-0.4, -0.2) is 11.6 Å². The van der Waals surface area contributed by atoms with Gasteiger partial charge in [0.05, 0.1) is 5.78 Å². The van der Waals surface area contributed by atoms with Gasteiger partial charge < -0.3 is 16.0 Å². The molecule has 0 saturated heterocycles. The third-order valence-corrected chi connectivity index (χ3v) is 2.76. The summed E-state index contributed by atoms with van der Waals surface area (Å²) in [4.78, 5) is 22.1. The molecule has 0 saturated carbocycles. The second kappa shape index (κ2) is 23.9. The van der Waals surface area contributed by atoms with Gasteiger partial charge in [-0.15, -0.1) is 0 Å². The van der Waals surface area contributed by atoms with Crippen LogP contribution in [0.4, 0.5) is 0 Å². The van der Waals surface area contributed by atoms with E-state index in [-0.39, 0.29) is 235 Å². The van der Waals surface area contributed by atoms with Gasteiger partial charge in [-0.25, -0.2) is 11.8 Å². The first kappa shape index (κ1) is 42.7. The molecule has 0 bridgehead atoms. The summed E-state index contributed by atoms with van der Waals surface area (Å²) in [7, 11) is 0. The molecule has 4 nitrogen and oxygen atoms in total. The van der Waals surface area contributed by atoms with E-state index in [2.05, 4.69) is 0 Å². The Kier molecular flexibility index (Phi) is 42.4. The Morgan fingerprint density at radius 1 is 1.00 bits per heavy atom. The third-order valence-electron chi connectivity index (χ3n) is 2.76. The van der Waals surface area contributed by atoms with E-state index in [0.717, 1.165) is 0 Å². The van der Waals surface area contributed by atoms with Gasteiger partial charge in [-0.1, -0.05) is 46.3 Å². The number of hydrogen-bond acceptors (Lipinski definition) is 4. The zero-order chi connectivity index (χ0) is 16.5. The minimum Gasteiger partial charge on any atom is -0.370 e. The van der Waals surface area contributed by atoms with Crippen LogP contribution in [0.15, 0.2) is 5.57 Å². The van der Waals surface area contributed by atoms with Gasteiger partial charge in [-0.05, 0) is 11.3 Å². The van der Waals surface area contributed by atoms with Gasteiger partial charge in [0.2, 0.25) is 0 Å². The number of allylic oxidation sites excluding steroid dienone is 1. The first-order chi connectivity index (χ1) is 9.07. The quantitative estimate of drug-likeness (QED) is 0.188. The maximum atomic E-state index is 11.4. The molecule has 0 fully saturated rings. The third kappa shape index (κ3) is 18.6. The average Bonchev–Trinajstić information content (AvgIpc) is 2.44. The fourth-order valence-electron chi connectivity index (χ4n) is 1.23. The normalized spacial score (nSPS) is 10.4. The summed E-state index contributed by atoms with van der Waals surface area (Å²) in [5, 5.41) is 16.8. The van der Waals surface area contributed by atoms with Crippen molar-refractivity contribution in [3.63, 3.8) is 0 Å². The Morgan fingerprint density at radius 3 is 1.46 bits per heavy atom. The van der Waals surface area contributed by atoms with E-state index in [1.807, 2.05) is 6.07 Å². The van der Waals surface area contributed by atoms with Crippen molar-refractivity contribution >= 4 is 11.6 Å². The summed E-state index contributed by atoms with van der Waals surface area (Å²) in [6, 6.07) is 3.60. The molecule has 8 heteroatoms. The van der Waals surface area contributed by atoms with E-state index >= 15 is 0 Å². The summed E-state index contributed by atoms with van der Waals surface area (Å²) in [5.41, 5.74) is -1.10. The van der Waals surface area contributed by atoms with Crippen LogP contribution in [0.25, 0.3) is 0 Å². The molecule has 0 rings (SSSR count). The van der Waals surface area contributed by atoms with Crippen LogP contribution in [-0.2, 0) is 9.59 Å². The molecule has 1 unspecified atom stereocenters. The smallest absolute Gasteiger partial charge is 0.370 e. The van der Waals surface area contributed by atoms with Crippen LogP contribution in [0.2, 0.25) is 0 Å². The van der Waals surface area contributed by atoms with E-state index in [9.17, 15) is 9.59 Å². The Morgan fingerprint density at radius 2 is 1.38 bits per heavy atom. The van der Waals surface area contributed by atoms with Crippen molar-refractivity contribution in [3.8, 4) is 12.1 Å². The minimum absolute atomic E-state index is 0. The number of nitrogens with zero attached hydrogens (tertiary/aromatic N) is 2. The Labute approximate surface area is 317 Å². The molecule has 1 atom stereocenters. The number of rotatable bonds is 5. The molecule has 0 radical (unpaired) electrons. The molecule has 0 aliphatic heterocycles. The second-order valence-corrected chi connectivity index (χ2v) is 5.17. The Bertz CT molecular complexity index is 466. The average molecular weight is 431 g/mol. The van der Waals surface area contributed by atoms with Gasteiger partial charge in [0.1, 0.15) is 5.78 Å². The maximum Gasteiger partial charge on any atom is 1.00 e. The molecule has 0 aliphatic rings. The Balaban J connectivity index is -0.0000000586. The first-order valence-corrected chi connectivity index (χ1v) is 6.40. The van der Waals surface area contributed by atoms with Crippen molar-refractivity contribution in [2.45, 2.75) is 41.5 Å². The number of ketones is 2. The monoisotopic (exact) mass is 430 g/mol. The molecule has 24 heavy (non-hydrogen) atoms. The van der Waals surface area contributed by atoms with Crippen molar-refractivity contribution in [2.24, 2.45) is 17.3 Å². The molecule has 110 valence electrons. The zero-order valence-corrected chi connectivity index (χ0v) is 29.5. The molecular formula is C16H22K4N2O2+2. The second-order valence-electron chi connectivity index (χ2n) is 5.17. The van der Waals surface area contributed by atoms with Crippen molar-refractivity contribution in [1.82, 2.24) is 0 Å². The molecular weight excluding hydrogens is 409 g/mol. The van der Waals surface area contributed by atoms with Crippen LogP contribution in [0, 0.1) is 52.9 Å². The number of hydrogen-bond donors (Lipinski definition) is 0. The van der Waals surface area contributed by atoms with Gasteiger partial charge in [-0.3, -0.25) is 5.26 Å². The van der Waals surface area contributed by atoms with E-state index in [4.69, 9.17) is 17.1 Å². The number of nitriles is 2. The Hall–Kier alpha value is 4.61. The maximum absolute atomic E-state index is 11.4. The summed E-state index contributed by atoms with van der Waals surface area (Å²) in [6.45, 7) is 15.4. The fraction of sp³-hybridized carbons (Fsp3) is 0.562. The van der Waals surface area contributed by atoms with Crippen molar-refractivity contribution in [3.05, 3.63) is 18.6 Å². The zero-order valence-electron chi connectivity index (χ0n) is 17.0. The van der Waals surface area contributed by atoms with E-state index in [1.165, 1.54) is 0 Å². The van der Waals surface area contributed by atoms with Gasteiger partial charge in [0, 0.05) is 12.0 Å². The van der Waals surface area contributed by atoms with Gasteiger partial charge in [0.25, 0.3) is 0 Å². The molecule has 0 aromatic heterocycles. The predicted molar refractivity (Wildman–Crippen MR) is 76.8 cm³/mol. The number of Topliss-reactive ketones (excluding diaryl/α,β-unsaturated/α-hetero) is 2. The van der Waals surface area contributed by atoms with Crippen LogP contribution < -0.4 is 206 Å². The predicted octanol–water partition coefficient (Wildman–Crippen LogP) is -8.92. The molecule has 0 aliphatic carbocycles. The van der Waals surface area contributed by atoms with Gasteiger partial charge in [0.15, 0.2) is 0 Å². The molecule has 0 spiro atoms. The summed E-state index contributed by atoms with van der Waals surface area (Å²) in [6.07, 6.45) is 1.65. The van der Waals surface area contributed by atoms with E-state index < -0.39 is 5.41 Å². The van der Waals surface area contributed by atoms with Crippen LogP contribution >= 0.6 is 0 Å². The molecule has 0 heterocycles. The van der Waals surface area contributed by atoms with Crippen molar-refractivity contribution < 1.29 is 215 Å². The van der Waals surface area contributed by atoms with Crippen molar-refractivity contribution in [2.75, 3.05) is 0 Å². The van der Waals surface area contributed by atoms with Gasteiger partial charge >= 0.3 is 206 Å². The summed E-state index contributed by atoms with van der Waals surface area (Å²) in [5.74, 6) is -0.541. The number of carbonyl (C=O) groups is 2. The standard InChI is InChI=1S/C9H14NO.C7H8NO.4K/c1-5-9(4,6-10)8(11)7(2)3;1-5(2)7(9)6(3)4-8;;;;/h5,7H,1-4H3;3,5H,1-2H3;;;;/q2*-1;4*+1. The van der Waals surface area contributed by atoms with Crippen LogP contribution in [0.1, 0.15) is 41.5 Å². The van der Waals surface area contributed by atoms with Crippen LogP contribution in [0.5, 0.6) is 0 Å². The summed E-state index contributed by atoms with van der Waals surface area (Å²) >= 11 is 0. The summed E-state index contributed by atoms with van der Waals surface area (Å²) < 4.78 is 0. The molecule has 0 aromatic rings. The fourth-order valence-corrected chi connectivity index (χ4v) is 1.23. The number of carbonyl (C=O) groups excluding carboxylic acids is 2. The molecule has 0 amide bonds. The minimum atomic E-state index is -0.895.